The van der Waals surface area contributed by atoms with Crippen LogP contribution in [0.5, 0.6) is 0 Å². The van der Waals surface area contributed by atoms with Crippen LogP contribution >= 0.6 is 0 Å². The van der Waals surface area contributed by atoms with Crippen LogP contribution in [0.3, 0.4) is 0 Å². The second-order valence-corrected chi connectivity index (χ2v) is 6.40. The molecule has 0 amide bonds. The van der Waals surface area contributed by atoms with Gasteiger partial charge in [0.05, 0.1) is 0 Å². The maximum atomic E-state index is 13.5. The lowest BCUT2D eigenvalue weighted by molar-refractivity contribution is 0.387. The van der Waals surface area contributed by atoms with Crippen molar-refractivity contribution < 1.29 is 26.0 Å². The number of nitrogens with one attached hydrogen (secondary N) is 1. The molecule has 0 radical (unpaired) electrons. The zero-order valence-corrected chi connectivity index (χ0v) is 12.3. The first kappa shape index (κ1) is 17.9. The molecule has 0 aliphatic heterocycles. The van der Waals surface area contributed by atoms with E-state index in [1.54, 1.807) is 13.8 Å². The summed E-state index contributed by atoms with van der Waals surface area (Å²) in [6.07, 6.45) is 0.795. The maximum absolute atomic E-state index is 13.5. The Hall–Kier alpha value is -1.19. The van der Waals surface area contributed by atoms with E-state index >= 15 is 0 Å². The predicted octanol–water partition coefficient (Wildman–Crippen LogP) is 2.04. The molecule has 0 aliphatic carbocycles. The predicted molar refractivity (Wildman–Crippen MR) is 69.0 cm³/mol. The molecule has 0 unspecified atom stereocenters. The van der Waals surface area contributed by atoms with Crippen LogP contribution in [0.1, 0.15) is 26.7 Å². The molecule has 0 fully saturated rings. The average Bonchev–Trinajstić information content (AvgIpc) is 2.43. The molecule has 1 aromatic carbocycles. The summed E-state index contributed by atoms with van der Waals surface area (Å²) in [5.74, 6) is -7.53. The Morgan fingerprint density at radius 1 is 1.10 bits per heavy atom. The Morgan fingerprint density at radius 3 is 1.90 bits per heavy atom. The highest BCUT2D eigenvalue weighted by atomic mass is 32.2. The van der Waals surface area contributed by atoms with E-state index in [1.165, 1.54) is 0 Å². The minimum absolute atomic E-state index is 0.0605. The summed E-state index contributed by atoms with van der Waals surface area (Å²) in [5, 5.41) is 0. The molecule has 9 heteroatoms. The largest absolute Gasteiger partial charge is 0.324 e. The number of sulfonamides is 1. The molecule has 1 rings (SSSR count). The van der Waals surface area contributed by atoms with Crippen LogP contribution < -0.4 is 10.5 Å². The van der Waals surface area contributed by atoms with Crippen molar-refractivity contribution in [3.05, 3.63) is 29.3 Å². The quantitative estimate of drug-likeness (QED) is 0.620. The molecule has 1 aromatic rings. The lowest BCUT2D eigenvalue weighted by Crippen LogP contribution is -2.49. The second-order valence-electron chi connectivity index (χ2n) is 4.69. The highest BCUT2D eigenvalue weighted by Crippen LogP contribution is 2.24. The van der Waals surface area contributed by atoms with E-state index in [9.17, 15) is 26.0 Å². The third kappa shape index (κ3) is 3.72. The highest BCUT2D eigenvalue weighted by molar-refractivity contribution is 7.89. The highest BCUT2D eigenvalue weighted by Gasteiger charge is 2.31. The van der Waals surface area contributed by atoms with Crippen molar-refractivity contribution in [1.82, 2.24) is 4.72 Å². The summed E-state index contributed by atoms with van der Waals surface area (Å²) in [6.45, 7) is 3.10. The molecular formula is C12H16F4N2O2S. The number of nitrogens with two attached hydrogens (primary N) is 1. The second kappa shape index (κ2) is 6.29. The Labute approximate surface area is 120 Å². The summed E-state index contributed by atoms with van der Waals surface area (Å²) >= 11 is 0. The molecule has 21 heavy (non-hydrogen) atoms. The molecule has 0 bridgehead atoms. The maximum Gasteiger partial charge on any atom is 0.246 e. The van der Waals surface area contributed by atoms with E-state index in [1.807, 2.05) is 4.72 Å². The van der Waals surface area contributed by atoms with E-state index in [0.717, 1.165) is 0 Å². The molecular weight excluding hydrogens is 312 g/mol. The van der Waals surface area contributed by atoms with Crippen LogP contribution in [0, 0.1) is 23.3 Å². The van der Waals surface area contributed by atoms with Gasteiger partial charge in [-0.25, -0.2) is 30.7 Å². The lowest BCUT2D eigenvalue weighted by atomic mass is 9.95. The summed E-state index contributed by atoms with van der Waals surface area (Å²) in [4.78, 5) is -1.69. The Balaban J connectivity index is 3.21. The van der Waals surface area contributed by atoms with Crippen LogP contribution in [0.2, 0.25) is 0 Å². The molecule has 4 nitrogen and oxygen atoms in total. The summed E-state index contributed by atoms with van der Waals surface area (Å²) in [5.41, 5.74) is 4.93. The SMILES string of the molecule is CCC(N)(CC)CNS(=O)(=O)c1c(F)c(F)cc(F)c1F. The summed E-state index contributed by atoms with van der Waals surface area (Å²) in [6, 6.07) is -0.0605. The van der Waals surface area contributed by atoms with Crippen LogP contribution in [0.4, 0.5) is 17.6 Å². The van der Waals surface area contributed by atoms with Crippen molar-refractivity contribution in [1.29, 1.82) is 0 Å². The molecule has 0 spiro atoms. The molecule has 0 saturated carbocycles. The molecule has 120 valence electrons. The third-order valence-corrected chi connectivity index (χ3v) is 4.78. The number of rotatable bonds is 6. The van der Waals surface area contributed by atoms with Gasteiger partial charge in [-0.15, -0.1) is 0 Å². The normalized spacial score (nSPS) is 12.7. The fraction of sp³-hybridized carbons (Fsp3) is 0.500. The molecule has 0 heterocycles. The molecule has 0 aliphatic rings. The Kier molecular flexibility index (Phi) is 5.35. The van der Waals surface area contributed by atoms with Gasteiger partial charge in [-0.1, -0.05) is 13.8 Å². The molecule has 0 saturated heterocycles. The first-order chi connectivity index (χ1) is 9.58. The van der Waals surface area contributed by atoms with Crippen LogP contribution in [-0.2, 0) is 10.0 Å². The standard InChI is InChI=1S/C12H16F4N2O2S/c1-3-12(17,4-2)6-18-21(19,20)11-9(15)7(13)5-8(14)10(11)16/h5,18H,3-4,6,17H2,1-2H3. The van der Waals surface area contributed by atoms with Gasteiger partial charge < -0.3 is 5.73 Å². The van der Waals surface area contributed by atoms with Gasteiger partial charge in [-0.3, -0.25) is 0 Å². The van der Waals surface area contributed by atoms with Crippen LogP contribution in [0.25, 0.3) is 0 Å². The number of halogens is 4. The van der Waals surface area contributed by atoms with Crippen LogP contribution in [-0.4, -0.2) is 20.5 Å². The van der Waals surface area contributed by atoms with Gasteiger partial charge >= 0.3 is 0 Å². The Bertz CT molecular complexity index is 604. The molecule has 3 N–H and O–H groups in total. The van der Waals surface area contributed by atoms with E-state index in [2.05, 4.69) is 0 Å². The fourth-order valence-corrected chi connectivity index (χ4v) is 2.89. The Morgan fingerprint density at radius 2 is 1.52 bits per heavy atom. The van der Waals surface area contributed by atoms with E-state index in [-0.39, 0.29) is 12.6 Å². The summed E-state index contributed by atoms with van der Waals surface area (Å²) < 4.78 is 78.7. The van der Waals surface area contributed by atoms with E-state index < -0.39 is 43.7 Å². The average molecular weight is 328 g/mol. The smallest absolute Gasteiger partial charge is 0.246 e. The van der Waals surface area contributed by atoms with Gasteiger partial charge in [0.1, 0.15) is 0 Å². The molecule has 0 atom stereocenters. The number of hydrogen-bond donors (Lipinski definition) is 2. The van der Waals surface area contributed by atoms with Crippen molar-refractivity contribution in [2.75, 3.05) is 6.54 Å². The van der Waals surface area contributed by atoms with Gasteiger partial charge in [0.15, 0.2) is 28.2 Å². The number of benzene rings is 1. The monoisotopic (exact) mass is 328 g/mol. The number of hydrogen-bond acceptors (Lipinski definition) is 3. The van der Waals surface area contributed by atoms with E-state index in [4.69, 9.17) is 5.73 Å². The van der Waals surface area contributed by atoms with Crippen molar-refractivity contribution in [2.45, 2.75) is 37.1 Å². The van der Waals surface area contributed by atoms with Crippen molar-refractivity contribution in [3.8, 4) is 0 Å². The topological polar surface area (TPSA) is 72.2 Å². The fourth-order valence-electron chi connectivity index (χ4n) is 1.60. The van der Waals surface area contributed by atoms with Gasteiger partial charge in [0.25, 0.3) is 0 Å². The zero-order valence-electron chi connectivity index (χ0n) is 11.5. The first-order valence-electron chi connectivity index (χ1n) is 6.19. The van der Waals surface area contributed by atoms with Gasteiger partial charge in [0, 0.05) is 18.2 Å². The third-order valence-electron chi connectivity index (χ3n) is 3.36. The lowest BCUT2D eigenvalue weighted by Gasteiger charge is -2.26. The summed E-state index contributed by atoms with van der Waals surface area (Å²) in [7, 11) is -4.78. The molecule has 0 aromatic heterocycles. The zero-order chi connectivity index (χ0) is 16.4. The minimum Gasteiger partial charge on any atom is -0.324 e. The van der Waals surface area contributed by atoms with Crippen molar-refractivity contribution >= 4 is 10.0 Å². The first-order valence-corrected chi connectivity index (χ1v) is 7.68. The van der Waals surface area contributed by atoms with E-state index in [0.29, 0.717) is 12.8 Å². The van der Waals surface area contributed by atoms with Crippen molar-refractivity contribution in [3.63, 3.8) is 0 Å². The van der Waals surface area contributed by atoms with Crippen molar-refractivity contribution in [2.24, 2.45) is 5.73 Å². The van der Waals surface area contributed by atoms with Crippen LogP contribution in [0.15, 0.2) is 11.0 Å². The van der Waals surface area contributed by atoms with Gasteiger partial charge in [-0.05, 0) is 12.8 Å². The minimum atomic E-state index is -4.78. The van der Waals surface area contributed by atoms with Gasteiger partial charge in [-0.2, -0.15) is 0 Å². The van der Waals surface area contributed by atoms with Gasteiger partial charge in [0.2, 0.25) is 10.0 Å².